The van der Waals surface area contributed by atoms with E-state index >= 15 is 0 Å². The molecule has 0 fully saturated rings. The lowest BCUT2D eigenvalue weighted by molar-refractivity contribution is 0.415. The van der Waals surface area contributed by atoms with Gasteiger partial charge >= 0.3 is 0 Å². The van der Waals surface area contributed by atoms with E-state index in [0.717, 1.165) is 21.3 Å². The standard InChI is InChI=1S/C17H13BrO3/c1-10-7-13-15(19)9-16(21-17(13)14(18)8-10)11-3-5-12(20-2)6-4-11/h3-9H,1-2H3. The fourth-order valence-corrected chi connectivity index (χ4v) is 2.91. The summed E-state index contributed by atoms with van der Waals surface area (Å²) < 4.78 is 11.8. The number of rotatable bonds is 2. The zero-order valence-electron chi connectivity index (χ0n) is 11.6. The van der Waals surface area contributed by atoms with E-state index in [1.165, 1.54) is 6.07 Å². The van der Waals surface area contributed by atoms with Gasteiger partial charge in [-0.25, -0.2) is 0 Å². The molecule has 0 spiro atoms. The molecule has 4 heteroatoms. The minimum absolute atomic E-state index is 0.0496. The average Bonchev–Trinajstić information content (AvgIpc) is 2.48. The highest BCUT2D eigenvalue weighted by molar-refractivity contribution is 9.10. The topological polar surface area (TPSA) is 39.4 Å². The summed E-state index contributed by atoms with van der Waals surface area (Å²) in [5, 5.41) is 0.583. The second kappa shape index (κ2) is 5.37. The number of ether oxygens (including phenoxy) is 1. The van der Waals surface area contributed by atoms with Crippen LogP contribution in [0, 0.1) is 6.92 Å². The Bertz CT molecular complexity index is 864. The first-order valence-corrected chi connectivity index (χ1v) is 7.26. The van der Waals surface area contributed by atoms with Gasteiger partial charge in [0.15, 0.2) is 11.0 Å². The van der Waals surface area contributed by atoms with Crippen LogP contribution in [0.3, 0.4) is 0 Å². The van der Waals surface area contributed by atoms with Gasteiger partial charge in [0.2, 0.25) is 0 Å². The summed E-state index contributed by atoms with van der Waals surface area (Å²) >= 11 is 3.46. The smallest absolute Gasteiger partial charge is 0.193 e. The molecule has 0 unspecified atom stereocenters. The molecule has 0 bridgehead atoms. The van der Waals surface area contributed by atoms with Gasteiger partial charge in [0.05, 0.1) is 17.0 Å². The van der Waals surface area contributed by atoms with Crippen LogP contribution in [-0.2, 0) is 0 Å². The molecule has 2 aromatic carbocycles. The Hall–Kier alpha value is -2.07. The maximum atomic E-state index is 12.3. The Morgan fingerprint density at radius 1 is 1.10 bits per heavy atom. The van der Waals surface area contributed by atoms with Crippen LogP contribution in [0.4, 0.5) is 0 Å². The van der Waals surface area contributed by atoms with Crippen LogP contribution in [-0.4, -0.2) is 7.11 Å². The van der Waals surface area contributed by atoms with Crippen LogP contribution >= 0.6 is 15.9 Å². The molecule has 106 valence electrons. The fraction of sp³-hybridized carbons (Fsp3) is 0.118. The highest BCUT2D eigenvalue weighted by atomic mass is 79.9. The largest absolute Gasteiger partial charge is 0.497 e. The number of halogens is 1. The SMILES string of the molecule is COc1ccc(-c2cc(=O)c3cc(C)cc(Br)c3o2)cc1. The normalized spacial score (nSPS) is 10.8. The predicted octanol–water partition coefficient (Wildman–Crippen LogP) is 4.54. The first kappa shape index (κ1) is 13.9. The van der Waals surface area contributed by atoms with Crippen molar-refractivity contribution in [3.05, 3.63) is 62.7 Å². The van der Waals surface area contributed by atoms with Crippen molar-refractivity contribution >= 4 is 26.9 Å². The van der Waals surface area contributed by atoms with Gasteiger partial charge in [-0.15, -0.1) is 0 Å². The van der Waals surface area contributed by atoms with Crippen molar-refractivity contribution in [3.8, 4) is 17.1 Å². The third-order valence-electron chi connectivity index (χ3n) is 3.30. The molecule has 0 aliphatic heterocycles. The van der Waals surface area contributed by atoms with Gasteiger partial charge in [-0.05, 0) is 64.8 Å². The lowest BCUT2D eigenvalue weighted by Crippen LogP contribution is -2.01. The van der Waals surface area contributed by atoms with Crippen LogP contribution in [0.25, 0.3) is 22.3 Å². The van der Waals surface area contributed by atoms with Crippen LogP contribution in [0.1, 0.15) is 5.56 Å². The van der Waals surface area contributed by atoms with E-state index in [2.05, 4.69) is 15.9 Å². The van der Waals surface area contributed by atoms with Gasteiger partial charge in [0, 0.05) is 11.6 Å². The molecular formula is C17H13BrO3. The van der Waals surface area contributed by atoms with Crippen LogP contribution in [0.2, 0.25) is 0 Å². The first-order chi connectivity index (χ1) is 10.1. The molecule has 1 aromatic heterocycles. The van der Waals surface area contributed by atoms with Crippen molar-refractivity contribution in [2.24, 2.45) is 0 Å². The van der Waals surface area contributed by atoms with E-state index in [4.69, 9.17) is 9.15 Å². The molecular weight excluding hydrogens is 332 g/mol. The minimum atomic E-state index is -0.0496. The van der Waals surface area contributed by atoms with E-state index in [-0.39, 0.29) is 5.43 Å². The second-order valence-corrected chi connectivity index (χ2v) is 5.68. The quantitative estimate of drug-likeness (QED) is 0.685. The number of fused-ring (bicyclic) bond motifs is 1. The number of benzene rings is 2. The molecule has 3 nitrogen and oxygen atoms in total. The number of hydrogen-bond donors (Lipinski definition) is 0. The van der Waals surface area contributed by atoms with Crippen molar-refractivity contribution < 1.29 is 9.15 Å². The summed E-state index contributed by atoms with van der Waals surface area (Å²) in [5.74, 6) is 1.30. The lowest BCUT2D eigenvalue weighted by atomic mass is 10.1. The zero-order valence-corrected chi connectivity index (χ0v) is 13.2. The summed E-state index contributed by atoms with van der Waals surface area (Å²) in [5.41, 5.74) is 2.37. The number of methoxy groups -OCH3 is 1. The third-order valence-corrected chi connectivity index (χ3v) is 3.89. The van der Waals surface area contributed by atoms with Crippen LogP contribution < -0.4 is 10.2 Å². The van der Waals surface area contributed by atoms with Crippen molar-refractivity contribution in [1.29, 1.82) is 0 Å². The molecule has 0 atom stereocenters. The Morgan fingerprint density at radius 3 is 2.48 bits per heavy atom. The average molecular weight is 345 g/mol. The highest BCUT2D eigenvalue weighted by Gasteiger charge is 2.10. The van der Waals surface area contributed by atoms with Gasteiger partial charge in [0.1, 0.15) is 11.5 Å². The lowest BCUT2D eigenvalue weighted by Gasteiger charge is -2.06. The first-order valence-electron chi connectivity index (χ1n) is 6.47. The monoisotopic (exact) mass is 344 g/mol. The van der Waals surface area contributed by atoms with E-state index in [1.54, 1.807) is 7.11 Å². The summed E-state index contributed by atoms with van der Waals surface area (Å²) in [4.78, 5) is 12.3. The third kappa shape index (κ3) is 2.59. The predicted molar refractivity (Wildman–Crippen MR) is 86.9 cm³/mol. The molecule has 0 amide bonds. The zero-order chi connectivity index (χ0) is 15.0. The van der Waals surface area contributed by atoms with E-state index in [1.807, 2.05) is 43.3 Å². The van der Waals surface area contributed by atoms with Gasteiger partial charge in [-0.2, -0.15) is 0 Å². The van der Waals surface area contributed by atoms with Crippen molar-refractivity contribution in [2.75, 3.05) is 7.11 Å². The fourth-order valence-electron chi connectivity index (χ4n) is 2.25. The van der Waals surface area contributed by atoms with Crippen molar-refractivity contribution in [3.63, 3.8) is 0 Å². The Kier molecular flexibility index (Phi) is 3.55. The van der Waals surface area contributed by atoms with Crippen molar-refractivity contribution in [1.82, 2.24) is 0 Å². The molecule has 0 radical (unpaired) electrons. The molecule has 3 aromatic rings. The molecule has 0 saturated heterocycles. The summed E-state index contributed by atoms with van der Waals surface area (Å²) in [6.07, 6.45) is 0. The van der Waals surface area contributed by atoms with Crippen LogP contribution in [0.15, 0.2) is 56.1 Å². The molecule has 3 rings (SSSR count). The Morgan fingerprint density at radius 2 is 1.81 bits per heavy atom. The summed E-state index contributed by atoms with van der Waals surface area (Å²) in [7, 11) is 1.62. The molecule has 0 saturated carbocycles. The number of hydrogen-bond acceptors (Lipinski definition) is 3. The van der Waals surface area contributed by atoms with Gasteiger partial charge in [-0.3, -0.25) is 4.79 Å². The van der Waals surface area contributed by atoms with Gasteiger partial charge < -0.3 is 9.15 Å². The molecule has 0 aliphatic carbocycles. The van der Waals surface area contributed by atoms with E-state index in [0.29, 0.717) is 16.7 Å². The maximum Gasteiger partial charge on any atom is 0.193 e. The van der Waals surface area contributed by atoms with Crippen molar-refractivity contribution in [2.45, 2.75) is 6.92 Å². The highest BCUT2D eigenvalue weighted by Crippen LogP contribution is 2.29. The Labute approximate surface area is 130 Å². The van der Waals surface area contributed by atoms with Crippen LogP contribution in [0.5, 0.6) is 5.75 Å². The van der Waals surface area contributed by atoms with Gasteiger partial charge in [0.25, 0.3) is 0 Å². The molecule has 0 aliphatic rings. The summed E-state index contributed by atoms with van der Waals surface area (Å²) in [6.45, 7) is 1.95. The molecule has 1 heterocycles. The maximum absolute atomic E-state index is 12.3. The Balaban J connectivity index is 2.22. The minimum Gasteiger partial charge on any atom is -0.497 e. The molecule has 0 N–H and O–H groups in total. The number of aryl methyl sites for hydroxylation is 1. The van der Waals surface area contributed by atoms with E-state index in [9.17, 15) is 4.79 Å². The second-order valence-electron chi connectivity index (χ2n) is 4.83. The van der Waals surface area contributed by atoms with E-state index < -0.39 is 0 Å². The summed E-state index contributed by atoms with van der Waals surface area (Å²) in [6, 6.07) is 12.7. The molecule has 21 heavy (non-hydrogen) atoms. The van der Waals surface area contributed by atoms with Gasteiger partial charge in [-0.1, -0.05) is 0 Å².